The molecule has 0 bridgehead atoms. The van der Waals surface area contributed by atoms with E-state index in [0.29, 0.717) is 51.3 Å². The van der Waals surface area contributed by atoms with Crippen LogP contribution in [-0.4, -0.2) is 75.2 Å². The van der Waals surface area contributed by atoms with Gasteiger partial charge in [-0.2, -0.15) is 0 Å². The van der Waals surface area contributed by atoms with E-state index in [9.17, 15) is 19.2 Å². The number of likely N-dealkylation sites (tertiary alicyclic amines) is 1. The number of fused-ring (bicyclic) bond motifs is 1. The van der Waals surface area contributed by atoms with Crippen LogP contribution in [0.5, 0.6) is 0 Å². The van der Waals surface area contributed by atoms with Gasteiger partial charge in [-0.15, -0.1) is 11.3 Å². The van der Waals surface area contributed by atoms with Gasteiger partial charge in [0, 0.05) is 62.9 Å². The summed E-state index contributed by atoms with van der Waals surface area (Å²) in [5.41, 5.74) is 1.83. The summed E-state index contributed by atoms with van der Waals surface area (Å²) in [5.74, 6) is -0.0592. The molecule has 1 N–H and O–H groups in total. The van der Waals surface area contributed by atoms with Crippen LogP contribution in [0, 0.1) is 5.41 Å². The first-order valence-electron chi connectivity index (χ1n) is 14.8. The molecule has 0 aliphatic carbocycles. The lowest BCUT2D eigenvalue weighted by Gasteiger charge is -2.43. The summed E-state index contributed by atoms with van der Waals surface area (Å²) >= 11 is 1.65. The molecule has 0 radical (unpaired) electrons. The van der Waals surface area contributed by atoms with Gasteiger partial charge in [0.1, 0.15) is 11.4 Å². The Balaban J connectivity index is 1.14. The van der Waals surface area contributed by atoms with Gasteiger partial charge in [0.05, 0.1) is 16.8 Å². The quantitative estimate of drug-likeness (QED) is 0.286. The number of esters is 1. The van der Waals surface area contributed by atoms with Crippen molar-refractivity contribution in [1.82, 2.24) is 19.8 Å². The van der Waals surface area contributed by atoms with Crippen molar-refractivity contribution in [3.63, 3.8) is 0 Å². The van der Waals surface area contributed by atoms with Crippen LogP contribution in [0.1, 0.15) is 69.0 Å². The second-order valence-corrected chi connectivity index (χ2v) is 13.5. The number of ether oxygens (including phenoxy) is 1. The minimum atomic E-state index is -0.620. The number of anilines is 1. The normalized spacial score (nSPS) is 18.3. The Kier molecular flexibility index (Phi) is 9.10. The lowest BCUT2D eigenvalue weighted by Crippen LogP contribution is -2.51. The van der Waals surface area contributed by atoms with Crippen molar-refractivity contribution < 1.29 is 23.9 Å². The molecule has 0 unspecified atom stereocenters. The Hall–Kier alpha value is -3.86. The van der Waals surface area contributed by atoms with E-state index in [1.165, 1.54) is 5.57 Å². The molecule has 5 rings (SSSR count). The molecular weight excluding hydrogens is 566 g/mol. The monoisotopic (exact) mass is 605 g/mol. The van der Waals surface area contributed by atoms with Gasteiger partial charge in [0.25, 0.3) is 0 Å². The third kappa shape index (κ3) is 7.76. The van der Waals surface area contributed by atoms with Gasteiger partial charge in [-0.1, -0.05) is 11.6 Å². The maximum atomic E-state index is 13.2. The second kappa shape index (κ2) is 12.8. The fourth-order valence-corrected chi connectivity index (χ4v) is 6.45. The maximum absolute atomic E-state index is 13.2. The Labute approximate surface area is 256 Å². The fourth-order valence-electron chi connectivity index (χ4n) is 5.78. The first kappa shape index (κ1) is 30.6. The number of piperidine rings is 1. The summed E-state index contributed by atoms with van der Waals surface area (Å²) in [4.78, 5) is 63.2. The number of carbonyl (C=O) groups excluding carboxylic acids is 4. The fraction of sp³-hybridized carbons (Fsp3) is 0.500. The summed E-state index contributed by atoms with van der Waals surface area (Å²) in [5, 5.41) is 6.04. The van der Waals surface area contributed by atoms with Crippen LogP contribution in [0.15, 0.2) is 41.6 Å². The van der Waals surface area contributed by atoms with Crippen LogP contribution in [0.3, 0.4) is 0 Å². The number of nitrogens with one attached hydrogen (secondary N) is 1. The summed E-state index contributed by atoms with van der Waals surface area (Å²) < 4.78 is 5.31. The van der Waals surface area contributed by atoms with Crippen LogP contribution >= 0.6 is 11.3 Å². The third-order valence-electron chi connectivity index (χ3n) is 8.16. The average Bonchev–Trinajstić information content (AvgIpc) is 3.48. The molecule has 3 aliphatic rings. The maximum Gasteiger partial charge on any atom is 0.306 e. The molecule has 2 aromatic heterocycles. The summed E-state index contributed by atoms with van der Waals surface area (Å²) in [6, 6.07) is 1.98. The molecular formula is C32H39N5O5S. The number of pyridine rings is 1. The highest BCUT2D eigenvalue weighted by molar-refractivity contribution is 7.09. The number of hydrogen-bond acceptors (Lipinski definition) is 8. The van der Waals surface area contributed by atoms with Crippen LogP contribution in [-0.2, 0) is 36.8 Å². The predicted octanol–water partition coefficient (Wildman–Crippen LogP) is 4.18. The lowest BCUT2D eigenvalue weighted by atomic mass is 9.71. The summed E-state index contributed by atoms with van der Waals surface area (Å²) in [6.45, 7) is 7.56. The number of thiazole rings is 1. The minimum absolute atomic E-state index is 0.0406. The lowest BCUT2D eigenvalue weighted by molar-refractivity contribution is -0.156. The van der Waals surface area contributed by atoms with Crippen molar-refractivity contribution >= 4 is 46.9 Å². The highest BCUT2D eigenvalue weighted by atomic mass is 32.1. The Morgan fingerprint density at radius 3 is 2.58 bits per heavy atom. The number of rotatable bonds is 7. The number of nitrogens with zero attached hydrogens (tertiary/aromatic N) is 4. The van der Waals surface area contributed by atoms with Crippen LogP contribution in [0.4, 0.5) is 5.82 Å². The molecule has 228 valence electrons. The Morgan fingerprint density at radius 2 is 1.91 bits per heavy atom. The van der Waals surface area contributed by atoms with Crippen molar-refractivity contribution in [2.24, 2.45) is 5.41 Å². The third-order valence-corrected chi connectivity index (χ3v) is 8.94. The van der Waals surface area contributed by atoms with Gasteiger partial charge in [0.15, 0.2) is 0 Å². The largest absolute Gasteiger partial charge is 0.460 e. The Bertz CT molecular complexity index is 1430. The molecule has 3 aliphatic heterocycles. The molecule has 43 heavy (non-hydrogen) atoms. The predicted molar refractivity (Wildman–Crippen MR) is 164 cm³/mol. The van der Waals surface area contributed by atoms with Gasteiger partial charge >= 0.3 is 5.97 Å². The molecule has 1 spiro atoms. The van der Waals surface area contributed by atoms with Crippen LogP contribution in [0.2, 0.25) is 0 Å². The van der Waals surface area contributed by atoms with Crippen molar-refractivity contribution in [3.05, 3.63) is 57.7 Å². The Morgan fingerprint density at radius 1 is 1.12 bits per heavy atom. The molecule has 0 saturated carbocycles. The number of aromatic nitrogens is 2. The van der Waals surface area contributed by atoms with E-state index in [0.717, 1.165) is 29.0 Å². The molecule has 11 heteroatoms. The molecule has 10 nitrogen and oxygen atoms in total. The average molecular weight is 606 g/mol. The molecule has 2 aromatic rings. The van der Waals surface area contributed by atoms with E-state index in [2.05, 4.69) is 21.4 Å². The van der Waals surface area contributed by atoms with Gasteiger partial charge in [-0.25, -0.2) is 9.97 Å². The standard InChI is InChI=1S/C32H39N5O5S/c1-31(2,3)42-28(40)7-6-27(39)37-15-10-32(11-16-37)20-24-18-23(21-34-29(24)35-30(32)41)4-5-26(38)36-13-8-22(9-14-36)19-25-33-12-17-43-25/h4-5,8,12,17-18,21H,6-7,9-11,13-16,19-20H2,1-3H3,(H,34,35,41). The van der Waals surface area contributed by atoms with Crippen molar-refractivity contribution in [2.75, 3.05) is 31.5 Å². The topological polar surface area (TPSA) is 122 Å². The molecule has 0 aromatic carbocycles. The smallest absolute Gasteiger partial charge is 0.306 e. The van der Waals surface area contributed by atoms with Gasteiger partial charge < -0.3 is 19.9 Å². The number of amides is 3. The van der Waals surface area contributed by atoms with Crippen molar-refractivity contribution in [2.45, 2.75) is 71.3 Å². The highest BCUT2D eigenvalue weighted by Gasteiger charge is 2.45. The van der Waals surface area contributed by atoms with Gasteiger partial charge in [-0.05, 0) is 69.7 Å². The molecule has 0 atom stereocenters. The van der Waals surface area contributed by atoms with E-state index >= 15 is 0 Å². The zero-order chi connectivity index (χ0) is 30.6. The summed E-state index contributed by atoms with van der Waals surface area (Å²) in [7, 11) is 0. The number of hydrogen-bond donors (Lipinski definition) is 1. The molecule has 1 saturated heterocycles. The zero-order valence-corrected chi connectivity index (χ0v) is 25.9. The second-order valence-electron chi connectivity index (χ2n) is 12.5. The van der Waals surface area contributed by atoms with E-state index in [-0.39, 0.29) is 36.5 Å². The SMILES string of the molecule is CC(C)(C)OC(=O)CCC(=O)N1CCC2(CC1)Cc1cc(C=CC(=O)N3CC=C(Cc4nccs4)CC3)cnc1NC2=O. The molecule has 3 amide bonds. The van der Waals surface area contributed by atoms with E-state index in [1.807, 2.05) is 22.5 Å². The first-order chi connectivity index (χ1) is 20.5. The summed E-state index contributed by atoms with van der Waals surface area (Å²) in [6.07, 6.45) is 12.4. The molecule has 5 heterocycles. The van der Waals surface area contributed by atoms with Crippen LogP contribution < -0.4 is 5.32 Å². The highest BCUT2D eigenvalue weighted by Crippen LogP contribution is 2.41. The van der Waals surface area contributed by atoms with Crippen LogP contribution in [0.25, 0.3) is 6.08 Å². The van der Waals surface area contributed by atoms with E-state index in [1.54, 1.807) is 55.4 Å². The first-order valence-corrected chi connectivity index (χ1v) is 15.7. The van der Waals surface area contributed by atoms with E-state index < -0.39 is 11.0 Å². The zero-order valence-electron chi connectivity index (χ0n) is 25.1. The van der Waals surface area contributed by atoms with Gasteiger partial charge in [-0.3, -0.25) is 19.2 Å². The van der Waals surface area contributed by atoms with E-state index in [4.69, 9.17) is 4.74 Å². The van der Waals surface area contributed by atoms with Gasteiger partial charge in [0.2, 0.25) is 17.7 Å². The van der Waals surface area contributed by atoms with Crippen molar-refractivity contribution in [1.29, 1.82) is 0 Å². The minimum Gasteiger partial charge on any atom is -0.460 e. The molecule has 1 fully saturated rings. The van der Waals surface area contributed by atoms with Crippen molar-refractivity contribution in [3.8, 4) is 0 Å². The number of carbonyl (C=O) groups is 4.